The van der Waals surface area contributed by atoms with E-state index < -0.39 is 0 Å². The molecule has 29 heavy (non-hydrogen) atoms. The molecular formula is C21H16N6OS. The van der Waals surface area contributed by atoms with Crippen LogP contribution in [-0.4, -0.2) is 15.9 Å². The highest BCUT2D eigenvalue weighted by molar-refractivity contribution is 7.21. The van der Waals surface area contributed by atoms with Crippen LogP contribution in [0, 0.1) is 18.3 Å². The second-order valence-electron chi connectivity index (χ2n) is 6.42. The van der Waals surface area contributed by atoms with E-state index in [2.05, 4.69) is 21.4 Å². The van der Waals surface area contributed by atoms with Gasteiger partial charge in [0.2, 0.25) is 0 Å². The van der Waals surface area contributed by atoms with Gasteiger partial charge < -0.3 is 16.8 Å². The Balaban J connectivity index is 1.90. The van der Waals surface area contributed by atoms with Gasteiger partial charge in [-0.1, -0.05) is 30.3 Å². The van der Waals surface area contributed by atoms with Crippen molar-refractivity contribution in [3.8, 4) is 17.2 Å². The Morgan fingerprint density at radius 3 is 2.66 bits per heavy atom. The van der Waals surface area contributed by atoms with Gasteiger partial charge in [-0.3, -0.25) is 4.79 Å². The van der Waals surface area contributed by atoms with Crippen LogP contribution in [0.25, 0.3) is 21.3 Å². The van der Waals surface area contributed by atoms with Crippen molar-refractivity contribution in [1.82, 2.24) is 9.97 Å². The summed E-state index contributed by atoms with van der Waals surface area (Å²) in [5.74, 6) is 0.146. The number of carbonyl (C=O) groups excluding carboxylic acids is 1. The molecule has 0 spiro atoms. The predicted molar refractivity (Wildman–Crippen MR) is 116 cm³/mol. The molecule has 0 aliphatic rings. The van der Waals surface area contributed by atoms with E-state index in [1.54, 1.807) is 12.3 Å². The van der Waals surface area contributed by atoms with E-state index in [0.717, 1.165) is 22.5 Å². The van der Waals surface area contributed by atoms with Gasteiger partial charge in [0.15, 0.2) is 0 Å². The number of nitrogen functional groups attached to an aromatic ring is 2. The number of rotatable bonds is 3. The molecule has 4 aromatic rings. The maximum Gasteiger partial charge on any atom is 0.269 e. The average molecular weight is 400 g/mol. The normalized spacial score (nSPS) is 10.6. The summed E-state index contributed by atoms with van der Waals surface area (Å²) in [6.07, 6.45) is 1.62. The zero-order valence-corrected chi connectivity index (χ0v) is 16.2. The lowest BCUT2D eigenvalue weighted by Gasteiger charge is -2.09. The molecule has 4 rings (SSSR count). The lowest BCUT2D eigenvalue weighted by molar-refractivity contribution is 0.103. The number of nitriles is 1. The first-order chi connectivity index (χ1) is 14.0. The largest absolute Gasteiger partial charge is 0.397 e. The summed E-state index contributed by atoms with van der Waals surface area (Å²) in [5.41, 5.74) is 15.2. The summed E-state index contributed by atoms with van der Waals surface area (Å²) in [4.78, 5) is 22.1. The molecule has 3 aromatic heterocycles. The summed E-state index contributed by atoms with van der Waals surface area (Å²) in [6, 6.07) is 15.0. The molecule has 0 unspecified atom stereocenters. The standard InChI is InChI=1S/C21H16N6OS/c1-11-7-8-25-14(9-11)26-20(28)18-17(23)16-15(12-5-3-2-4-6-12)13(10-22)19(24)27-21(16)29-18/h2-9H,23H2,1H3,(H2,24,27)(H,25,26,28). The molecule has 3 heterocycles. The number of fused-ring (bicyclic) bond motifs is 1. The van der Waals surface area contributed by atoms with E-state index in [-0.39, 0.29) is 23.0 Å². The van der Waals surface area contributed by atoms with Crippen molar-refractivity contribution in [1.29, 1.82) is 5.26 Å². The Morgan fingerprint density at radius 1 is 1.21 bits per heavy atom. The number of hydrogen-bond donors (Lipinski definition) is 3. The number of aromatic nitrogens is 2. The summed E-state index contributed by atoms with van der Waals surface area (Å²) in [6.45, 7) is 1.91. The van der Waals surface area contributed by atoms with Gasteiger partial charge in [-0.2, -0.15) is 5.26 Å². The van der Waals surface area contributed by atoms with E-state index in [1.807, 2.05) is 43.3 Å². The predicted octanol–water partition coefficient (Wildman–Crippen LogP) is 3.96. The Hall–Kier alpha value is -3.96. The Morgan fingerprint density at radius 2 is 1.97 bits per heavy atom. The minimum Gasteiger partial charge on any atom is -0.397 e. The number of nitrogens with zero attached hydrogens (tertiary/aromatic N) is 3. The molecular weight excluding hydrogens is 384 g/mol. The second kappa shape index (κ2) is 7.22. The highest BCUT2D eigenvalue weighted by atomic mass is 32.1. The van der Waals surface area contributed by atoms with Crippen LogP contribution in [0.2, 0.25) is 0 Å². The maximum absolute atomic E-state index is 12.9. The van der Waals surface area contributed by atoms with Crippen LogP contribution in [0.5, 0.6) is 0 Å². The molecule has 0 aliphatic carbocycles. The van der Waals surface area contributed by atoms with Crippen molar-refractivity contribution >= 4 is 44.8 Å². The topological polar surface area (TPSA) is 131 Å². The lowest BCUT2D eigenvalue weighted by Crippen LogP contribution is -2.13. The van der Waals surface area contributed by atoms with Crippen molar-refractivity contribution in [3.63, 3.8) is 0 Å². The molecule has 0 fully saturated rings. The van der Waals surface area contributed by atoms with Gasteiger partial charge in [-0.25, -0.2) is 9.97 Å². The van der Waals surface area contributed by atoms with Crippen molar-refractivity contribution < 1.29 is 4.79 Å². The minimum atomic E-state index is -0.389. The Kier molecular flexibility index (Phi) is 4.58. The number of thiophene rings is 1. The molecule has 0 saturated heterocycles. The molecule has 1 aromatic carbocycles. The number of nitrogens with two attached hydrogens (primary N) is 2. The minimum absolute atomic E-state index is 0.104. The first kappa shape index (κ1) is 18.4. The van der Waals surface area contributed by atoms with Gasteiger partial charge in [0.25, 0.3) is 5.91 Å². The van der Waals surface area contributed by atoms with Crippen LogP contribution in [0.1, 0.15) is 20.8 Å². The first-order valence-corrected chi connectivity index (χ1v) is 9.52. The average Bonchev–Trinajstić information content (AvgIpc) is 3.03. The van der Waals surface area contributed by atoms with Gasteiger partial charge in [0.1, 0.15) is 33.0 Å². The first-order valence-electron chi connectivity index (χ1n) is 8.70. The number of carbonyl (C=O) groups is 1. The molecule has 7 nitrogen and oxygen atoms in total. The van der Waals surface area contributed by atoms with Gasteiger partial charge >= 0.3 is 0 Å². The van der Waals surface area contributed by atoms with Crippen LogP contribution in [0.4, 0.5) is 17.3 Å². The molecule has 0 aliphatic heterocycles. The Labute approximate surface area is 170 Å². The van der Waals surface area contributed by atoms with E-state index in [4.69, 9.17) is 11.5 Å². The molecule has 1 amide bonds. The Bertz CT molecular complexity index is 1290. The molecule has 0 saturated carbocycles. The number of benzene rings is 1. The highest BCUT2D eigenvalue weighted by Gasteiger charge is 2.24. The summed E-state index contributed by atoms with van der Waals surface area (Å²) in [5, 5.41) is 13.0. The highest BCUT2D eigenvalue weighted by Crippen LogP contribution is 2.42. The van der Waals surface area contributed by atoms with Crippen molar-refractivity contribution in [2.45, 2.75) is 6.92 Å². The number of amides is 1. The van der Waals surface area contributed by atoms with Gasteiger partial charge in [-0.15, -0.1) is 11.3 Å². The molecule has 0 radical (unpaired) electrons. The van der Waals surface area contributed by atoms with Gasteiger partial charge in [0, 0.05) is 17.1 Å². The number of nitrogens with one attached hydrogen (secondary N) is 1. The number of aryl methyl sites for hydroxylation is 1. The fraction of sp³-hybridized carbons (Fsp3) is 0.0476. The maximum atomic E-state index is 12.9. The van der Waals surface area contributed by atoms with Crippen molar-refractivity contribution in [2.75, 3.05) is 16.8 Å². The molecule has 5 N–H and O–H groups in total. The molecule has 142 valence electrons. The third-order valence-corrected chi connectivity index (χ3v) is 5.54. The van der Waals surface area contributed by atoms with E-state index in [0.29, 0.717) is 26.5 Å². The second-order valence-corrected chi connectivity index (χ2v) is 7.42. The zero-order chi connectivity index (χ0) is 20.5. The van der Waals surface area contributed by atoms with Crippen LogP contribution in [0.15, 0.2) is 48.7 Å². The molecule has 0 bridgehead atoms. The smallest absolute Gasteiger partial charge is 0.269 e. The van der Waals surface area contributed by atoms with Crippen LogP contribution in [0.3, 0.4) is 0 Å². The van der Waals surface area contributed by atoms with Gasteiger partial charge in [-0.05, 0) is 30.2 Å². The third kappa shape index (κ3) is 3.24. The molecule has 0 atom stereocenters. The van der Waals surface area contributed by atoms with Gasteiger partial charge in [0.05, 0.1) is 5.69 Å². The number of anilines is 3. The fourth-order valence-electron chi connectivity index (χ4n) is 3.12. The summed E-state index contributed by atoms with van der Waals surface area (Å²) >= 11 is 1.13. The summed E-state index contributed by atoms with van der Waals surface area (Å²) in [7, 11) is 0. The van der Waals surface area contributed by atoms with Crippen molar-refractivity contribution in [2.24, 2.45) is 0 Å². The third-order valence-electron chi connectivity index (χ3n) is 4.44. The fourth-order valence-corrected chi connectivity index (χ4v) is 4.13. The van der Waals surface area contributed by atoms with E-state index >= 15 is 0 Å². The number of pyridine rings is 2. The zero-order valence-electron chi connectivity index (χ0n) is 15.4. The quantitative estimate of drug-likeness (QED) is 0.477. The van der Waals surface area contributed by atoms with Crippen LogP contribution >= 0.6 is 11.3 Å². The van der Waals surface area contributed by atoms with Crippen LogP contribution in [-0.2, 0) is 0 Å². The lowest BCUT2D eigenvalue weighted by atomic mass is 9.97. The van der Waals surface area contributed by atoms with E-state index in [1.165, 1.54) is 0 Å². The summed E-state index contributed by atoms with van der Waals surface area (Å²) < 4.78 is 0. The van der Waals surface area contributed by atoms with E-state index in [9.17, 15) is 10.1 Å². The van der Waals surface area contributed by atoms with Crippen LogP contribution < -0.4 is 16.8 Å². The van der Waals surface area contributed by atoms with Crippen molar-refractivity contribution in [3.05, 3.63) is 64.7 Å². The molecule has 8 heteroatoms. The number of hydrogen-bond acceptors (Lipinski definition) is 7. The monoisotopic (exact) mass is 400 g/mol. The SMILES string of the molecule is Cc1ccnc(NC(=O)c2sc3nc(N)c(C#N)c(-c4ccccc4)c3c2N)c1.